The second-order valence-electron chi connectivity index (χ2n) is 8.90. The van der Waals surface area contributed by atoms with Crippen LogP contribution in [-0.2, 0) is 11.3 Å². The van der Waals surface area contributed by atoms with Crippen LogP contribution in [0.1, 0.15) is 24.0 Å². The molecule has 1 amide bonds. The number of hydrogen-bond donors (Lipinski definition) is 1. The van der Waals surface area contributed by atoms with Crippen molar-refractivity contribution in [2.24, 2.45) is 5.92 Å². The zero-order valence-electron chi connectivity index (χ0n) is 19.4. The van der Waals surface area contributed by atoms with Crippen LogP contribution in [0, 0.1) is 18.7 Å². The van der Waals surface area contributed by atoms with Crippen LogP contribution >= 0.6 is 0 Å². The number of nitrogens with zero attached hydrogens (tertiary/aromatic N) is 4. The fourth-order valence-corrected chi connectivity index (χ4v) is 4.48. The number of piperidine rings is 1. The van der Waals surface area contributed by atoms with Gasteiger partial charge in [0.15, 0.2) is 11.5 Å². The number of anilines is 2. The van der Waals surface area contributed by atoms with Gasteiger partial charge in [0.05, 0.1) is 12.5 Å². The van der Waals surface area contributed by atoms with Crippen molar-refractivity contribution >= 4 is 28.6 Å². The molecule has 1 aliphatic rings. The van der Waals surface area contributed by atoms with Crippen LogP contribution in [0.5, 0.6) is 0 Å². The molecule has 1 N–H and O–H groups in total. The van der Waals surface area contributed by atoms with E-state index in [4.69, 9.17) is 0 Å². The van der Waals surface area contributed by atoms with Crippen LogP contribution in [0.2, 0.25) is 0 Å². The van der Waals surface area contributed by atoms with E-state index in [9.17, 15) is 14.0 Å². The van der Waals surface area contributed by atoms with Gasteiger partial charge in [-0.05, 0) is 55.2 Å². The van der Waals surface area contributed by atoms with Gasteiger partial charge in [0, 0.05) is 25.0 Å². The van der Waals surface area contributed by atoms with E-state index in [1.165, 1.54) is 6.07 Å². The molecule has 1 aliphatic heterocycles. The highest BCUT2D eigenvalue weighted by atomic mass is 19.1. The number of pyridine rings is 1. The zero-order chi connectivity index (χ0) is 24.4. The number of nitrogens with one attached hydrogen (secondary N) is 1. The molecule has 1 atom stereocenters. The maximum Gasteiger partial charge on any atom is 0.295 e. The average Bonchev–Trinajstić information content (AvgIpc) is 2.88. The Morgan fingerprint density at radius 1 is 1.14 bits per heavy atom. The Bertz CT molecular complexity index is 1440. The first kappa shape index (κ1) is 22.7. The van der Waals surface area contributed by atoms with E-state index in [2.05, 4.69) is 15.3 Å². The molecule has 5 rings (SSSR count). The molecule has 2 aromatic carbocycles. The summed E-state index contributed by atoms with van der Waals surface area (Å²) >= 11 is 0. The fraction of sp³-hybridized carbons (Fsp3) is 0.259. The molecule has 0 aliphatic carbocycles. The molecule has 0 saturated carbocycles. The molecule has 0 radical (unpaired) electrons. The van der Waals surface area contributed by atoms with E-state index in [0.717, 1.165) is 12.0 Å². The third kappa shape index (κ3) is 4.77. The monoisotopic (exact) mass is 471 g/mol. The molecule has 7 nitrogen and oxygen atoms in total. The third-order valence-electron chi connectivity index (χ3n) is 6.40. The SMILES string of the molecule is Cc1ccc(NC(=O)C2CCCN(c3nc4cccnc4n(Cc4ccccc4)c3=O)C2)cc1F. The Labute approximate surface area is 202 Å². The van der Waals surface area contributed by atoms with Crippen molar-refractivity contribution < 1.29 is 9.18 Å². The second-order valence-corrected chi connectivity index (χ2v) is 8.90. The lowest BCUT2D eigenvalue weighted by atomic mass is 9.97. The number of carbonyl (C=O) groups excluding carboxylic acids is 1. The molecule has 4 aromatic rings. The lowest BCUT2D eigenvalue weighted by Crippen LogP contribution is -2.44. The quantitative estimate of drug-likeness (QED) is 0.473. The molecule has 1 fully saturated rings. The smallest absolute Gasteiger partial charge is 0.295 e. The molecule has 178 valence electrons. The maximum atomic E-state index is 13.9. The number of hydrogen-bond acceptors (Lipinski definition) is 5. The van der Waals surface area contributed by atoms with E-state index in [1.54, 1.807) is 35.9 Å². The lowest BCUT2D eigenvalue weighted by Gasteiger charge is -2.32. The molecule has 2 aromatic heterocycles. The molecule has 1 unspecified atom stereocenters. The molecular formula is C27H26FN5O2. The van der Waals surface area contributed by atoms with Gasteiger partial charge in [-0.1, -0.05) is 36.4 Å². The number of aryl methyl sites for hydroxylation is 1. The fourth-order valence-electron chi connectivity index (χ4n) is 4.48. The average molecular weight is 472 g/mol. The number of halogens is 1. The van der Waals surface area contributed by atoms with E-state index in [0.29, 0.717) is 54.3 Å². The van der Waals surface area contributed by atoms with Gasteiger partial charge < -0.3 is 10.2 Å². The summed E-state index contributed by atoms with van der Waals surface area (Å²) in [6.07, 6.45) is 3.08. The van der Waals surface area contributed by atoms with Crippen molar-refractivity contribution in [2.45, 2.75) is 26.3 Å². The van der Waals surface area contributed by atoms with Gasteiger partial charge >= 0.3 is 0 Å². The summed E-state index contributed by atoms with van der Waals surface area (Å²) in [6, 6.07) is 18.0. The van der Waals surface area contributed by atoms with Crippen molar-refractivity contribution in [3.05, 3.63) is 94.2 Å². The van der Waals surface area contributed by atoms with Crippen LogP contribution in [0.25, 0.3) is 11.2 Å². The van der Waals surface area contributed by atoms with Gasteiger partial charge in [-0.25, -0.2) is 14.4 Å². The molecule has 3 heterocycles. The van der Waals surface area contributed by atoms with Gasteiger partial charge in [-0.3, -0.25) is 14.2 Å². The van der Waals surface area contributed by atoms with Gasteiger partial charge in [0.2, 0.25) is 5.91 Å². The van der Waals surface area contributed by atoms with Crippen LogP contribution in [0.4, 0.5) is 15.9 Å². The van der Waals surface area contributed by atoms with Crippen LogP contribution in [0.15, 0.2) is 71.7 Å². The zero-order valence-corrected chi connectivity index (χ0v) is 19.4. The number of rotatable bonds is 5. The summed E-state index contributed by atoms with van der Waals surface area (Å²) < 4.78 is 15.6. The van der Waals surface area contributed by atoms with E-state index >= 15 is 0 Å². The van der Waals surface area contributed by atoms with E-state index in [1.807, 2.05) is 41.3 Å². The van der Waals surface area contributed by atoms with Crippen molar-refractivity contribution in [2.75, 3.05) is 23.3 Å². The van der Waals surface area contributed by atoms with Crippen molar-refractivity contribution in [1.29, 1.82) is 0 Å². The number of amides is 1. The summed E-state index contributed by atoms with van der Waals surface area (Å²) in [5, 5.41) is 2.82. The van der Waals surface area contributed by atoms with Crippen molar-refractivity contribution in [3.63, 3.8) is 0 Å². The Hall–Kier alpha value is -4.07. The normalized spacial score (nSPS) is 15.8. The summed E-state index contributed by atoms with van der Waals surface area (Å²) in [6.45, 7) is 3.04. The molecule has 8 heteroatoms. The predicted molar refractivity (Wildman–Crippen MR) is 134 cm³/mol. The molecule has 35 heavy (non-hydrogen) atoms. The maximum absolute atomic E-state index is 13.9. The highest BCUT2D eigenvalue weighted by Crippen LogP contribution is 2.23. The van der Waals surface area contributed by atoms with Crippen LogP contribution < -0.4 is 15.8 Å². The van der Waals surface area contributed by atoms with Crippen molar-refractivity contribution in [1.82, 2.24) is 14.5 Å². The molecule has 1 saturated heterocycles. The highest BCUT2D eigenvalue weighted by Gasteiger charge is 2.29. The first-order valence-electron chi connectivity index (χ1n) is 11.7. The Morgan fingerprint density at radius 3 is 2.77 bits per heavy atom. The standard InChI is InChI=1S/C27H26FN5O2/c1-18-11-12-21(15-22(18)28)30-26(34)20-9-6-14-32(17-20)25-27(35)33(16-19-7-3-2-4-8-19)24-23(31-25)10-5-13-29-24/h2-5,7-8,10-13,15,20H,6,9,14,16-17H2,1H3,(H,30,34). The number of aromatic nitrogens is 3. The Balaban J connectivity index is 1.43. The minimum atomic E-state index is -0.360. The topological polar surface area (TPSA) is 80.1 Å². The molecule has 0 spiro atoms. The number of benzene rings is 2. The summed E-state index contributed by atoms with van der Waals surface area (Å²) in [7, 11) is 0. The van der Waals surface area contributed by atoms with Crippen LogP contribution in [0.3, 0.4) is 0 Å². The summed E-state index contributed by atoms with van der Waals surface area (Å²) in [4.78, 5) is 37.5. The van der Waals surface area contributed by atoms with Gasteiger partial charge in [0.25, 0.3) is 5.56 Å². The van der Waals surface area contributed by atoms with Crippen LogP contribution in [-0.4, -0.2) is 33.5 Å². The molecular weight excluding hydrogens is 445 g/mol. The predicted octanol–water partition coefficient (Wildman–Crippen LogP) is 4.14. The second kappa shape index (κ2) is 9.66. The minimum absolute atomic E-state index is 0.190. The van der Waals surface area contributed by atoms with Gasteiger partial charge in [0.1, 0.15) is 11.3 Å². The Kier molecular flexibility index (Phi) is 6.27. The summed E-state index contributed by atoms with van der Waals surface area (Å²) in [5.74, 6) is -0.576. The van der Waals surface area contributed by atoms with E-state index in [-0.39, 0.29) is 23.2 Å². The minimum Gasteiger partial charge on any atom is -0.351 e. The van der Waals surface area contributed by atoms with Gasteiger partial charge in [-0.2, -0.15) is 0 Å². The molecule has 0 bridgehead atoms. The number of carbonyl (C=O) groups is 1. The van der Waals surface area contributed by atoms with Gasteiger partial charge in [-0.15, -0.1) is 0 Å². The first-order chi connectivity index (χ1) is 17.0. The lowest BCUT2D eigenvalue weighted by molar-refractivity contribution is -0.120. The summed E-state index contributed by atoms with van der Waals surface area (Å²) in [5.41, 5.74) is 2.85. The third-order valence-corrected chi connectivity index (χ3v) is 6.40. The first-order valence-corrected chi connectivity index (χ1v) is 11.7. The Morgan fingerprint density at radius 2 is 1.97 bits per heavy atom. The number of fused-ring (bicyclic) bond motifs is 1. The highest BCUT2D eigenvalue weighted by molar-refractivity contribution is 5.93. The van der Waals surface area contributed by atoms with E-state index < -0.39 is 0 Å². The van der Waals surface area contributed by atoms with Crippen molar-refractivity contribution in [3.8, 4) is 0 Å². The largest absolute Gasteiger partial charge is 0.351 e.